The van der Waals surface area contributed by atoms with E-state index >= 15 is 0 Å². The number of rotatable bonds is 14. The normalized spacial score (nSPS) is 11.7. The molecule has 0 aliphatic carbocycles. The van der Waals surface area contributed by atoms with Gasteiger partial charge in [0.1, 0.15) is 29.2 Å². The van der Waals surface area contributed by atoms with E-state index in [-0.39, 0.29) is 28.8 Å². The summed E-state index contributed by atoms with van der Waals surface area (Å²) in [5.74, 6) is -0.850. The van der Waals surface area contributed by atoms with E-state index in [4.69, 9.17) is 9.47 Å². The van der Waals surface area contributed by atoms with Crippen LogP contribution >= 0.6 is 0 Å². The number of carbonyl (C=O) groups excluding carboxylic acids is 2. The largest absolute Gasteiger partial charge is 0.497 e. The number of halogens is 2. The predicted octanol–water partition coefficient (Wildman–Crippen LogP) is 4.93. The molecule has 2 N–H and O–H groups in total. The van der Waals surface area contributed by atoms with Gasteiger partial charge in [0.05, 0.1) is 12.0 Å². The van der Waals surface area contributed by atoms with Crippen molar-refractivity contribution in [2.24, 2.45) is 0 Å². The molecule has 0 aromatic heterocycles. The van der Waals surface area contributed by atoms with Gasteiger partial charge in [0.25, 0.3) is 15.9 Å². The number of methoxy groups -OCH3 is 1. The number of anilines is 1. The number of nitrogens with zero attached hydrogens (tertiary/aromatic N) is 1. The fourth-order valence-corrected chi connectivity index (χ4v) is 5.37. The minimum atomic E-state index is -3.95. The van der Waals surface area contributed by atoms with Crippen molar-refractivity contribution in [3.63, 3.8) is 0 Å². The third-order valence-corrected chi connectivity index (χ3v) is 8.30. The van der Waals surface area contributed by atoms with Gasteiger partial charge in [-0.2, -0.15) is 0 Å². The van der Waals surface area contributed by atoms with E-state index < -0.39 is 40.2 Å². The summed E-state index contributed by atoms with van der Waals surface area (Å²) < 4.78 is 65.2. The highest BCUT2D eigenvalue weighted by atomic mass is 32.2. The monoisotopic (exact) mass is 637 g/mol. The Labute approximate surface area is 260 Å². The topological polar surface area (TPSA) is 114 Å². The molecule has 9 nitrogen and oxygen atoms in total. The van der Waals surface area contributed by atoms with Crippen molar-refractivity contribution in [1.82, 2.24) is 10.2 Å². The molecule has 0 heterocycles. The van der Waals surface area contributed by atoms with E-state index in [1.54, 1.807) is 14.0 Å². The van der Waals surface area contributed by atoms with Gasteiger partial charge in [0, 0.05) is 18.8 Å². The van der Waals surface area contributed by atoms with E-state index in [0.717, 1.165) is 23.4 Å². The molecule has 1 atom stereocenters. The highest BCUT2D eigenvalue weighted by molar-refractivity contribution is 7.92. The second-order valence-corrected chi connectivity index (χ2v) is 11.8. The number of amides is 2. The van der Waals surface area contributed by atoms with Crippen molar-refractivity contribution >= 4 is 27.5 Å². The number of carbonyl (C=O) groups is 2. The summed E-state index contributed by atoms with van der Waals surface area (Å²) in [5, 5.41) is 2.86. The standard InChI is InChI=1S/C33H33F2N3O6S/c1-23(33(40)36-20-19-24-5-13-29(43-2)14-6-24)38(21-25-3-7-26(34)8-4-25)32(39)22-44-30-15-17-31(18-16-30)45(41,42)37-28-11-9-27(35)10-12-28/h3-18,23,37H,19-22H2,1-2H3,(H,36,40)/t23-/m1/s1. The molecule has 4 rings (SSSR count). The van der Waals surface area contributed by atoms with Crippen molar-refractivity contribution in [3.8, 4) is 11.5 Å². The first kappa shape index (κ1) is 32.9. The van der Waals surface area contributed by atoms with Crippen LogP contribution in [0.25, 0.3) is 0 Å². The second kappa shape index (κ2) is 15.2. The summed E-state index contributed by atoms with van der Waals surface area (Å²) in [6, 6.07) is 22.5. The summed E-state index contributed by atoms with van der Waals surface area (Å²) in [7, 11) is -2.37. The molecule has 4 aromatic carbocycles. The van der Waals surface area contributed by atoms with Gasteiger partial charge in [-0.05, 0) is 97.3 Å². The maximum atomic E-state index is 13.5. The Morgan fingerprint density at radius 1 is 0.800 bits per heavy atom. The second-order valence-electron chi connectivity index (χ2n) is 10.1. The van der Waals surface area contributed by atoms with Crippen molar-refractivity contribution < 1.29 is 36.3 Å². The molecule has 0 aliphatic heterocycles. The van der Waals surface area contributed by atoms with Crippen molar-refractivity contribution in [2.45, 2.75) is 30.8 Å². The van der Waals surface area contributed by atoms with Crippen LogP contribution in [-0.2, 0) is 32.6 Å². The van der Waals surface area contributed by atoms with Gasteiger partial charge in [-0.1, -0.05) is 24.3 Å². The third-order valence-electron chi connectivity index (χ3n) is 6.90. The first-order valence-electron chi connectivity index (χ1n) is 14.0. The van der Waals surface area contributed by atoms with Gasteiger partial charge in [0.15, 0.2) is 6.61 Å². The van der Waals surface area contributed by atoms with Crippen LogP contribution < -0.4 is 19.5 Å². The van der Waals surface area contributed by atoms with E-state index in [9.17, 15) is 26.8 Å². The Balaban J connectivity index is 1.38. The van der Waals surface area contributed by atoms with Gasteiger partial charge < -0.3 is 19.7 Å². The molecule has 0 saturated heterocycles. The van der Waals surface area contributed by atoms with Crippen LogP contribution in [-0.4, -0.2) is 51.4 Å². The van der Waals surface area contributed by atoms with E-state index in [1.807, 2.05) is 24.3 Å². The Hall–Kier alpha value is -4.97. The van der Waals surface area contributed by atoms with Gasteiger partial charge in [-0.25, -0.2) is 17.2 Å². The zero-order valence-electron chi connectivity index (χ0n) is 24.7. The molecule has 0 aliphatic rings. The summed E-state index contributed by atoms with van der Waals surface area (Å²) in [6.07, 6.45) is 0.572. The lowest BCUT2D eigenvalue weighted by atomic mass is 10.1. The minimum absolute atomic E-state index is 0.0295. The molecule has 0 fully saturated rings. The lowest BCUT2D eigenvalue weighted by Gasteiger charge is -2.28. The number of hydrogen-bond acceptors (Lipinski definition) is 6. The molecule has 0 bridgehead atoms. The van der Waals surface area contributed by atoms with Crippen LogP contribution in [0.3, 0.4) is 0 Å². The lowest BCUT2D eigenvalue weighted by molar-refractivity contribution is -0.142. The number of ether oxygens (including phenoxy) is 2. The van der Waals surface area contributed by atoms with Crippen molar-refractivity contribution in [3.05, 3.63) is 120 Å². The fourth-order valence-electron chi connectivity index (χ4n) is 4.31. The molecule has 45 heavy (non-hydrogen) atoms. The molecular formula is C33H33F2N3O6S. The maximum absolute atomic E-state index is 13.5. The van der Waals surface area contributed by atoms with Gasteiger partial charge in [-0.3, -0.25) is 14.3 Å². The first-order valence-corrected chi connectivity index (χ1v) is 15.5. The molecule has 12 heteroatoms. The zero-order valence-corrected chi connectivity index (χ0v) is 25.5. The Morgan fingerprint density at radius 3 is 1.96 bits per heavy atom. The molecule has 0 unspecified atom stereocenters. The number of sulfonamides is 1. The van der Waals surface area contributed by atoms with E-state index in [1.165, 1.54) is 65.6 Å². The quantitative estimate of drug-likeness (QED) is 0.203. The van der Waals surface area contributed by atoms with Crippen molar-refractivity contribution in [2.75, 3.05) is 25.0 Å². The lowest BCUT2D eigenvalue weighted by Crippen LogP contribution is -2.49. The van der Waals surface area contributed by atoms with Crippen LogP contribution in [0.2, 0.25) is 0 Å². The van der Waals surface area contributed by atoms with Gasteiger partial charge in [0.2, 0.25) is 5.91 Å². The first-order chi connectivity index (χ1) is 21.5. The van der Waals surface area contributed by atoms with Gasteiger partial charge in [-0.15, -0.1) is 0 Å². The molecule has 4 aromatic rings. The molecule has 2 amide bonds. The molecule has 0 spiro atoms. The van der Waals surface area contributed by atoms with E-state index in [0.29, 0.717) is 18.5 Å². The Kier molecular flexibility index (Phi) is 11.1. The average Bonchev–Trinajstić information content (AvgIpc) is 3.04. The Morgan fingerprint density at radius 2 is 1.36 bits per heavy atom. The van der Waals surface area contributed by atoms with Crippen LogP contribution in [0.5, 0.6) is 11.5 Å². The molecular weight excluding hydrogens is 604 g/mol. The molecule has 0 radical (unpaired) electrons. The predicted molar refractivity (Wildman–Crippen MR) is 165 cm³/mol. The smallest absolute Gasteiger partial charge is 0.261 e. The SMILES string of the molecule is COc1ccc(CCNC(=O)[C@@H](C)N(Cc2ccc(F)cc2)C(=O)COc2ccc(S(=O)(=O)Nc3ccc(F)cc3)cc2)cc1. The third kappa shape index (κ3) is 9.51. The molecule has 236 valence electrons. The number of benzene rings is 4. The summed E-state index contributed by atoms with van der Waals surface area (Å²) in [6.45, 7) is 1.53. The van der Waals surface area contributed by atoms with E-state index in [2.05, 4.69) is 10.0 Å². The number of hydrogen-bond donors (Lipinski definition) is 2. The zero-order chi connectivity index (χ0) is 32.4. The summed E-state index contributed by atoms with van der Waals surface area (Å²) >= 11 is 0. The van der Waals surface area contributed by atoms with Crippen LogP contribution in [0.15, 0.2) is 102 Å². The van der Waals surface area contributed by atoms with Crippen LogP contribution in [0.4, 0.5) is 14.5 Å². The number of nitrogens with one attached hydrogen (secondary N) is 2. The average molecular weight is 638 g/mol. The van der Waals surface area contributed by atoms with Crippen molar-refractivity contribution in [1.29, 1.82) is 0 Å². The van der Waals surface area contributed by atoms with Gasteiger partial charge >= 0.3 is 0 Å². The van der Waals surface area contributed by atoms with Crippen LogP contribution in [0.1, 0.15) is 18.1 Å². The highest BCUT2D eigenvalue weighted by Gasteiger charge is 2.26. The maximum Gasteiger partial charge on any atom is 0.261 e. The Bertz CT molecular complexity index is 1680. The summed E-state index contributed by atoms with van der Waals surface area (Å²) in [5.41, 5.74) is 1.81. The highest BCUT2D eigenvalue weighted by Crippen LogP contribution is 2.20. The fraction of sp³-hybridized carbons (Fsp3) is 0.212. The molecule has 0 saturated carbocycles. The summed E-state index contributed by atoms with van der Waals surface area (Å²) in [4.78, 5) is 27.7. The minimum Gasteiger partial charge on any atom is -0.497 e. The van der Waals surface area contributed by atoms with Crippen LogP contribution in [0, 0.1) is 11.6 Å².